The molecule has 6 rings (SSSR count). The second-order valence-corrected chi connectivity index (χ2v) is 8.42. The van der Waals surface area contributed by atoms with E-state index in [9.17, 15) is 0 Å². The molecule has 4 aromatic rings. The van der Waals surface area contributed by atoms with Gasteiger partial charge in [-0.25, -0.2) is 14.6 Å². The molecule has 1 atom stereocenters. The normalized spacial score (nSPS) is 17.0. The number of ether oxygens (including phenoxy) is 2. The van der Waals surface area contributed by atoms with Gasteiger partial charge in [0.1, 0.15) is 5.82 Å². The monoisotopic (exact) mass is 440 g/mol. The first kappa shape index (κ1) is 19.7. The van der Waals surface area contributed by atoms with E-state index in [0.717, 1.165) is 65.0 Å². The fourth-order valence-corrected chi connectivity index (χ4v) is 4.61. The van der Waals surface area contributed by atoms with Gasteiger partial charge >= 0.3 is 0 Å². The molecule has 0 amide bonds. The smallest absolute Gasteiger partial charge is 0.231 e. The van der Waals surface area contributed by atoms with Crippen molar-refractivity contribution >= 4 is 12.2 Å². The van der Waals surface area contributed by atoms with E-state index in [1.807, 2.05) is 66.0 Å². The predicted molar refractivity (Wildman–Crippen MR) is 123 cm³/mol. The van der Waals surface area contributed by atoms with E-state index in [-0.39, 0.29) is 12.7 Å². The van der Waals surface area contributed by atoms with Crippen molar-refractivity contribution in [2.75, 3.05) is 6.79 Å². The van der Waals surface area contributed by atoms with Gasteiger partial charge in [0.15, 0.2) is 17.3 Å². The largest absolute Gasteiger partial charge is 0.454 e. The van der Waals surface area contributed by atoms with Gasteiger partial charge in [0.2, 0.25) is 6.79 Å². The summed E-state index contributed by atoms with van der Waals surface area (Å²) >= 11 is 0. The van der Waals surface area contributed by atoms with Crippen LogP contribution >= 0.6 is 0 Å². The standard InChI is InChI=1S/C25H24N6O2/c1-16-13-30(14-26-16)21-10-8-18(27-17(21)2)9-11-23-28-25-20(6-4-12-31(25)29-23)19-5-3-7-22-24(19)33-15-32-22/h3,5,7-11,13-14,20H,4,6,12,15H2,1-2H3/b11-9+/t20-/m1/s1. The Labute approximate surface area is 191 Å². The maximum Gasteiger partial charge on any atom is 0.231 e. The quantitative estimate of drug-likeness (QED) is 0.471. The summed E-state index contributed by atoms with van der Waals surface area (Å²) in [6.07, 6.45) is 9.75. The van der Waals surface area contributed by atoms with Crippen molar-refractivity contribution in [1.82, 2.24) is 29.3 Å². The van der Waals surface area contributed by atoms with Crippen LogP contribution < -0.4 is 9.47 Å². The lowest BCUT2D eigenvalue weighted by atomic mass is 9.90. The van der Waals surface area contributed by atoms with Crippen molar-refractivity contribution in [2.24, 2.45) is 0 Å². The summed E-state index contributed by atoms with van der Waals surface area (Å²) in [5, 5.41) is 4.73. The molecule has 0 unspecified atom stereocenters. The number of benzene rings is 1. The van der Waals surface area contributed by atoms with Crippen molar-refractivity contribution in [2.45, 2.75) is 39.2 Å². The second-order valence-electron chi connectivity index (χ2n) is 8.42. The predicted octanol–water partition coefficient (Wildman–Crippen LogP) is 4.30. The van der Waals surface area contributed by atoms with Crippen LogP contribution in [0.2, 0.25) is 0 Å². The van der Waals surface area contributed by atoms with Crippen LogP contribution in [0.15, 0.2) is 42.9 Å². The zero-order valence-corrected chi connectivity index (χ0v) is 18.6. The minimum absolute atomic E-state index is 0.142. The third-order valence-electron chi connectivity index (χ3n) is 6.17. The average molecular weight is 441 g/mol. The van der Waals surface area contributed by atoms with E-state index >= 15 is 0 Å². The number of aromatic nitrogens is 6. The summed E-state index contributed by atoms with van der Waals surface area (Å²) in [5.41, 5.74) is 4.92. The van der Waals surface area contributed by atoms with Crippen molar-refractivity contribution in [3.63, 3.8) is 0 Å². The highest BCUT2D eigenvalue weighted by Crippen LogP contribution is 2.43. The van der Waals surface area contributed by atoms with Crippen LogP contribution in [0, 0.1) is 13.8 Å². The summed E-state index contributed by atoms with van der Waals surface area (Å²) < 4.78 is 15.3. The second kappa shape index (κ2) is 7.88. The molecule has 0 saturated heterocycles. The summed E-state index contributed by atoms with van der Waals surface area (Å²) in [4.78, 5) is 13.9. The molecular weight excluding hydrogens is 416 g/mol. The number of rotatable bonds is 4. The third kappa shape index (κ3) is 3.57. The first-order chi connectivity index (χ1) is 16.2. The minimum atomic E-state index is 0.142. The van der Waals surface area contributed by atoms with Crippen molar-refractivity contribution in [1.29, 1.82) is 0 Å². The number of pyridine rings is 1. The van der Waals surface area contributed by atoms with Crippen LogP contribution in [-0.4, -0.2) is 36.1 Å². The van der Waals surface area contributed by atoms with Gasteiger partial charge in [-0.15, -0.1) is 0 Å². The van der Waals surface area contributed by atoms with Crippen molar-refractivity contribution < 1.29 is 9.47 Å². The summed E-state index contributed by atoms with van der Waals surface area (Å²) in [5.74, 6) is 3.45. The molecule has 2 aliphatic rings. The SMILES string of the molecule is Cc1cn(-c2ccc(/C=C/c3nc4n(n3)CCC[C@@H]4c3cccc4c3OCO4)nc2C)cn1. The first-order valence-corrected chi connectivity index (χ1v) is 11.2. The maximum atomic E-state index is 5.76. The van der Waals surface area contributed by atoms with Gasteiger partial charge in [-0.05, 0) is 57.0 Å². The van der Waals surface area contributed by atoms with Gasteiger partial charge in [0.05, 0.1) is 29.1 Å². The topological polar surface area (TPSA) is 79.9 Å². The molecule has 166 valence electrons. The van der Waals surface area contributed by atoms with Gasteiger partial charge in [-0.3, -0.25) is 4.98 Å². The molecular formula is C25H24N6O2. The van der Waals surface area contributed by atoms with E-state index in [0.29, 0.717) is 5.82 Å². The van der Waals surface area contributed by atoms with Gasteiger partial charge in [0.25, 0.3) is 0 Å². The van der Waals surface area contributed by atoms with Crippen LogP contribution in [0.5, 0.6) is 11.5 Å². The number of hydrogen-bond donors (Lipinski definition) is 0. The number of fused-ring (bicyclic) bond motifs is 2. The molecule has 1 aromatic carbocycles. The summed E-state index contributed by atoms with van der Waals surface area (Å²) in [6.45, 7) is 5.12. The Hall–Kier alpha value is -3.94. The molecule has 0 spiro atoms. The van der Waals surface area contributed by atoms with Crippen molar-refractivity contribution in [3.05, 3.63) is 77.2 Å². The summed E-state index contributed by atoms with van der Waals surface area (Å²) in [7, 11) is 0. The highest BCUT2D eigenvalue weighted by Gasteiger charge is 2.30. The molecule has 8 nitrogen and oxygen atoms in total. The van der Waals surface area contributed by atoms with Gasteiger partial charge in [-0.2, -0.15) is 5.10 Å². The highest BCUT2D eigenvalue weighted by molar-refractivity contribution is 5.65. The van der Waals surface area contributed by atoms with Crippen LogP contribution in [0.1, 0.15) is 53.1 Å². The molecule has 5 heterocycles. The Morgan fingerprint density at radius 3 is 2.85 bits per heavy atom. The van der Waals surface area contributed by atoms with Gasteiger partial charge in [-0.1, -0.05) is 12.1 Å². The fraction of sp³-hybridized carbons (Fsp3) is 0.280. The molecule has 3 aromatic heterocycles. The Morgan fingerprint density at radius 1 is 1.06 bits per heavy atom. The Bertz CT molecular complexity index is 1370. The fourth-order valence-electron chi connectivity index (χ4n) is 4.61. The first-order valence-electron chi connectivity index (χ1n) is 11.2. The number of hydrogen-bond acceptors (Lipinski definition) is 6. The average Bonchev–Trinajstić information content (AvgIpc) is 3.56. The molecule has 0 fully saturated rings. The van der Waals surface area contributed by atoms with E-state index in [4.69, 9.17) is 24.5 Å². The molecule has 33 heavy (non-hydrogen) atoms. The number of nitrogens with zero attached hydrogens (tertiary/aromatic N) is 6. The number of aryl methyl sites for hydroxylation is 3. The lowest BCUT2D eigenvalue weighted by Crippen LogP contribution is -2.18. The molecule has 0 saturated carbocycles. The van der Waals surface area contributed by atoms with Gasteiger partial charge < -0.3 is 14.0 Å². The number of imidazole rings is 1. The van der Waals surface area contributed by atoms with E-state index < -0.39 is 0 Å². The van der Waals surface area contributed by atoms with E-state index in [2.05, 4.69) is 17.1 Å². The molecule has 0 N–H and O–H groups in total. The highest BCUT2D eigenvalue weighted by atomic mass is 16.7. The number of para-hydroxylation sites is 1. The van der Waals surface area contributed by atoms with Crippen LogP contribution in [0.25, 0.3) is 17.8 Å². The lowest BCUT2D eigenvalue weighted by molar-refractivity contribution is 0.173. The minimum Gasteiger partial charge on any atom is -0.454 e. The van der Waals surface area contributed by atoms with E-state index in [1.165, 1.54) is 0 Å². The van der Waals surface area contributed by atoms with E-state index in [1.54, 1.807) is 0 Å². The molecule has 0 aliphatic carbocycles. The van der Waals surface area contributed by atoms with Crippen molar-refractivity contribution in [3.8, 4) is 17.2 Å². The van der Waals surface area contributed by atoms with Gasteiger partial charge in [0, 0.05) is 24.2 Å². The molecule has 2 aliphatic heterocycles. The summed E-state index contributed by atoms with van der Waals surface area (Å²) in [6, 6.07) is 10.1. The molecule has 8 heteroatoms. The van der Waals surface area contributed by atoms with Crippen LogP contribution in [-0.2, 0) is 6.54 Å². The third-order valence-corrected chi connectivity index (χ3v) is 6.17. The molecule has 0 bridgehead atoms. The molecule has 0 radical (unpaired) electrons. The Morgan fingerprint density at radius 2 is 2.00 bits per heavy atom. The zero-order valence-electron chi connectivity index (χ0n) is 18.6. The lowest BCUT2D eigenvalue weighted by Gasteiger charge is -2.23. The zero-order chi connectivity index (χ0) is 22.4. The Balaban J connectivity index is 1.27. The van der Waals surface area contributed by atoms with Crippen LogP contribution in [0.4, 0.5) is 0 Å². The maximum absolute atomic E-state index is 5.76. The van der Waals surface area contributed by atoms with Crippen LogP contribution in [0.3, 0.4) is 0 Å². The Kier molecular flexibility index (Phi) is 4.71.